The predicted molar refractivity (Wildman–Crippen MR) is 137 cm³/mol. The summed E-state index contributed by atoms with van der Waals surface area (Å²) in [5.41, 5.74) is 5.62. The quantitative estimate of drug-likeness (QED) is 0.244. The zero-order valence-electron chi connectivity index (χ0n) is 22.2. The third kappa shape index (κ3) is 10.6. The summed E-state index contributed by atoms with van der Waals surface area (Å²) in [5.74, 6) is -1.87. The molecule has 0 bridgehead atoms. The number of benzene rings is 1. The summed E-state index contributed by atoms with van der Waals surface area (Å²) in [7, 11) is 0. The van der Waals surface area contributed by atoms with Crippen molar-refractivity contribution in [1.29, 1.82) is 0 Å². The van der Waals surface area contributed by atoms with Crippen LogP contribution in [-0.4, -0.2) is 44.2 Å². The zero-order chi connectivity index (χ0) is 29.8. The molecule has 1 amide bonds. The van der Waals surface area contributed by atoms with Crippen LogP contribution in [0, 0.1) is 0 Å². The number of carbonyl (C=O) groups excluding carboxylic acids is 3. The van der Waals surface area contributed by atoms with E-state index in [2.05, 4.69) is 20.6 Å². The lowest BCUT2D eigenvalue weighted by Crippen LogP contribution is -2.24. The number of amides is 1. The molecule has 0 aliphatic carbocycles. The van der Waals surface area contributed by atoms with E-state index >= 15 is 0 Å². The predicted octanol–water partition coefficient (Wildman–Crippen LogP) is 2.58. The Labute approximate surface area is 233 Å². The number of hydrogen-bond donors (Lipinski definition) is 2. The Morgan fingerprint density at radius 2 is 1.85 bits per heavy atom. The minimum absolute atomic E-state index is 0.0337. The monoisotopic (exact) mass is 575 g/mol. The Kier molecular flexibility index (Phi) is 11.3. The first kappa shape index (κ1) is 31.2. The van der Waals surface area contributed by atoms with Gasteiger partial charge in [0.2, 0.25) is 5.88 Å². The van der Waals surface area contributed by atoms with Crippen molar-refractivity contribution in [1.82, 2.24) is 25.3 Å². The Morgan fingerprint density at radius 3 is 2.59 bits per heavy atom. The highest BCUT2D eigenvalue weighted by atomic mass is 19.4. The summed E-state index contributed by atoms with van der Waals surface area (Å²) in [4.78, 5) is 38.1. The normalized spacial score (nSPS) is 11.3. The van der Waals surface area contributed by atoms with Gasteiger partial charge in [0.15, 0.2) is 0 Å². The van der Waals surface area contributed by atoms with E-state index in [9.17, 15) is 32.7 Å². The van der Waals surface area contributed by atoms with Gasteiger partial charge in [-0.15, -0.1) is 5.10 Å². The first-order valence-electron chi connectivity index (χ1n) is 13.0. The number of unbranched alkanes of at least 4 members (excludes halogenated alkanes) is 1. The molecule has 11 nitrogen and oxygen atoms in total. The van der Waals surface area contributed by atoms with Gasteiger partial charge < -0.3 is 25.7 Å². The van der Waals surface area contributed by atoms with Crippen molar-refractivity contribution in [2.24, 2.45) is 5.73 Å². The molecule has 0 aliphatic rings. The Hall–Kier alpha value is -4.33. The Balaban J connectivity index is 1.40. The van der Waals surface area contributed by atoms with Crippen molar-refractivity contribution in [2.45, 2.75) is 64.2 Å². The van der Waals surface area contributed by atoms with Gasteiger partial charge in [0.05, 0.1) is 5.69 Å². The molecule has 14 heteroatoms. The second-order valence-electron chi connectivity index (χ2n) is 9.23. The number of carbonyl (C=O) groups is 3. The van der Waals surface area contributed by atoms with Gasteiger partial charge in [-0.2, -0.15) is 13.2 Å². The van der Waals surface area contributed by atoms with Crippen molar-refractivity contribution in [3.8, 4) is 11.6 Å². The average Bonchev–Trinajstić information content (AvgIpc) is 3.38. The van der Waals surface area contributed by atoms with Crippen LogP contribution in [0.5, 0.6) is 11.6 Å². The number of nitrogens with one attached hydrogen (secondary N) is 1. The fraction of sp³-hybridized carbons (Fsp3) is 0.407. The lowest BCUT2D eigenvalue weighted by molar-refractivity contribution is -0.305. The molecule has 3 rings (SSSR count). The van der Waals surface area contributed by atoms with Gasteiger partial charge in [-0.3, -0.25) is 14.3 Å². The number of aromatic nitrogens is 4. The van der Waals surface area contributed by atoms with Gasteiger partial charge >= 0.3 is 6.18 Å². The van der Waals surface area contributed by atoms with Crippen LogP contribution in [0.4, 0.5) is 13.2 Å². The average molecular weight is 576 g/mol. The Morgan fingerprint density at radius 1 is 1.05 bits per heavy atom. The number of Topliss-reactive ketones (excluding diaryl/α,β-unsaturated/α-hetero) is 1. The third-order valence-electron chi connectivity index (χ3n) is 5.89. The summed E-state index contributed by atoms with van der Waals surface area (Å²) in [5, 5.41) is 21.3. The highest BCUT2D eigenvalue weighted by Gasteiger charge is 2.33. The number of nitrogens with two attached hydrogens (primary N) is 1. The zero-order valence-corrected chi connectivity index (χ0v) is 22.2. The standard InChI is InChI=1S/C27H31F3N6O5/c28-27(29,30)23-13-18(16-31)14-24(33-23)41-22-8-3-5-19(15-22)26(40)32-11-2-1-6-20-17-36(35-34-20)12-4-7-21(37)9-10-25(38)39/h3,5,8,13-15,17H,1-2,4,6-7,9-12,16,31H2,(H,32,40)(H,38,39)/p-1. The summed E-state index contributed by atoms with van der Waals surface area (Å²) in [6.45, 7) is 0.753. The third-order valence-corrected chi connectivity index (χ3v) is 5.89. The molecule has 0 spiro atoms. The summed E-state index contributed by atoms with van der Waals surface area (Å²) >= 11 is 0. The molecule has 2 heterocycles. The molecule has 0 fully saturated rings. The van der Waals surface area contributed by atoms with Crippen molar-refractivity contribution in [2.75, 3.05) is 6.54 Å². The number of carboxylic acids is 1. The minimum Gasteiger partial charge on any atom is -0.550 e. The van der Waals surface area contributed by atoms with E-state index in [4.69, 9.17) is 10.5 Å². The van der Waals surface area contributed by atoms with Gasteiger partial charge in [0.1, 0.15) is 17.2 Å². The number of carboxylic acid groups (broad SMARTS) is 1. The second-order valence-corrected chi connectivity index (χ2v) is 9.23. The van der Waals surface area contributed by atoms with E-state index in [0.29, 0.717) is 32.4 Å². The van der Waals surface area contributed by atoms with Crippen molar-refractivity contribution >= 4 is 17.7 Å². The smallest absolute Gasteiger partial charge is 0.433 e. The van der Waals surface area contributed by atoms with E-state index in [1.807, 2.05) is 0 Å². The van der Waals surface area contributed by atoms with Crippen LogP contribution >= 0.6 is 0 Å². The number of ether oxygens (including phenoxy) is 1. The molecule has 1 aromatic carbocycles. The summed E-state index contributed by atoms with van der Waals surface area (Å²) in [6, 6.07) is 8.19. The molecule has 3 aromatic rings. The van der Waals surface area contributed by atoms with Crippen LogP contribution in [0.3, 0.4) is 0 Å². The number of nitrogens with zero attached hydrogens (tertiary/aromatic N) is 4. The highest BCUT2D eigenvalue weighted by Crippen LogP contribution is 2.31. The van der Waals surface area contributed by atoms with E-state index in [1.165, 1.54) is 18.2 Å². The van der Waals surface area contributed by atoms with Crippen molar-refractivity contribution in [3.05, 3.63) is 65.1 Å². The van der Waals surface area contributed by atoms with Crippen LogP contribution in [0.1, 0.15) is 65.8 Å². The van der Waals surface area contributed by atoms with Crippen molar-refractivity contribution < 1.29 is 37.4 Å². The van der Waals surface area contributed by atoms with E-state index in [-0.39, 0.29) is 60.3 Å². The van der Waals surface area contributed by atoms with Crippen LogP contribution in [0.2, 0.25) is 0 Å². The number of rotatable bonds is 16. The van der Waals surface area contributed by atoms with Gasteiger partial charge in [-0.1, -0.05) is 11.3 Å². The topological polar surface area (TPSA) is 165 Å². The molecule has 3 N–H and O–H groups in total. The second kappa shape index (κ2) is 14.9. The van der Waals surface area contributed by atoms with Gasteiger partial charge in [0.25, 0.3) is 5.91 Å². The maximum absolute atomic E-state index is 13.1. The molecule has 0 aliphatic heterocycles. The number of halogens is 3. The van der Waals surface area contributed by atoms with Gasteiger partial charge in [-0.05, 0) is 61.9 Å². The molecule has 220 valence electrons. The first-order chi connectivity index (χ1) is 19.5. The summed E-state index contributed by atoms with van der Waals surface area (Å²) in [6.07, 6.45) is -0.366. The minimum atomic E-state index is -4.66. The van der Waals surface area contributed by atoms with Crippen LogP contribution in [0.25, 0.3) is 0 Å². The molecular formula is C27H30F3N6O5-. The van der Waals surface area contributed by atoms with Gasteiger partial charge in [0, 0.05) is 56.3 Å². The molecule has 0 unspecified atom stereocenters. The maximum atomic E-state index is 13.1. The fourth-order valence-electron chi connectivity index (χ4n) is 3.80. The molecule has 0 saturated heterocycles. The van der Waals surface area contributed by atoms with E-state index in [0.717, 1.165) is 18.2 Å². The van der Waals surface area contributed by atoms with E-state index in [1.54, 1.807) is 23.0 Å². The largest absolute Gasteiger partial charge is 0.550 e. The number of alkyl halides is 3. The number of ketones is 1. The molecule has 0 radical (unpaired) electrons. The molecule has 41 heavy (non-hydrogen) atoms. The Bertz CT molecular complexity index is 1340. The molecule has 0 saturated carbocycles. The maximum Gasteiger partial charge on any atom is 0.433 e. The fourth-order valence-corrected chi connectivity index (χ4v) is 3.80. The lowest BCUT2D eigenvalue weighted by Gasteiger charge is -2.12. The van der Waals surface area contributed by atoms with Gasteiger partial charge in [-0.25, -0.2) is 4.98 Å². The number of aliphatic carboxylic acids is 1. The molecule has 2 aromatic heterocycles. The van der Waals surface area contributed by atoms with Crippen LogP contribution in [-0.2, 0) is 35.3 Å². The highest BCUT2D eigenvalue weighted by molar-refractivity contribution is 5.94. The number of pyridine rings is 1. The summed E-state index contributed by atoms with van der Waals surface area (Å²) < 4.78 is 46.5. The van der Waals surface area contributed by atoms with E-state index < -0.39 is 17.8 Å². The molecular weight excluding hydrogens is 545 g/mol. The lowest BCUT2D eigenvalue weighted by atomic mass is 10.1. The SMILES string of the molecule is NCc1cc(Oc2cccc(C(=O)NCCCCc3cn(CCCC(=O)CCC(=O)[O-])nn3)c2)nc(C(F)(F)F)c1. The number of aryl methyl sites for hydroxylation is 2. The first-order valence-corrected chi connectivity index (χ1v) is 13.0. The number of hydrogen-bond acceptors (Lipinski definition) is 9. The van der Waals surface area contributed by atoms with Crippen molar-refractivity contribution in [3.63, 3.8) is 0 Å². The van der Waals surface area contributed by atoms with Crippen LogP contribution in [0.15, 0.2) is 42.6 Å². The molecule has 0 atom stereocenters. The van der Waals surface area contributed by atoms with Crippen LogP contribution < -0.4 is 20.9 Å².